The molecule has 1 heterocycles. The molecule has 0 atom stereocenters. The summed E-state index contributed by atoms with van der Waals surface area (Å²) in [6.45, 7) is 1.96. The number of ether oxygens (including phenoxy) is 1. The minimum absolute atomic E-state index is 0.0686. The molecule has 4 aromatic rings. The van der Waals surface area contributed by atoms with Gasteiger partial charge in [0.05, 0.1) is 22.8 Å². The molecule has 0 spiro atoms. The minimum atomic E-state index is -0.482. The SMILES string of the molecule is CCOC(=O)c1cccc(NC(=O)c2ccc(C(=O)Nc3nnc(-c4cc(Cl)cc(Cl)c4O)s3)cc2)c1. The second kappa shape index (κ2) is 11.4. The Kier molecular flexibility index (Phi) is 8.02. The van der Waals surface area contributed by atoms with Gasteiger partial charge in [-0.2, -0.15) is 0 Å². The molecule has 4 rings (SSSR count). The fourth-order valence-corrected chi connectivity index (χ4v) is 4.44. The number of hydrogen-bond donors (Lipinski definition) is 3. The third-order valence-corrected chi connectivity index (χ3v) is 6.32. The van der Waals surface area contributed by atoms with Gasteiger partial charge in [0.25, 0.3) is 11.8 Å². The van der Waals surface area contributed by atoms with Gasteiger partial charge in [0.2, 0.25) is 5.13 Å². The minimum Gasteiger partial charge on any atom is -0.506 e. The van der Waals surface area contributed by atoms with Crippen LogP contribution in [0.1, 0.15) is 38.0 Å². The van der Waals surface area contributed by atoms with Gasteiger partial charge in [0, 0.05) is 21.8 Å². The molecule has 1 aromatic heterocycles. The summed E-state index contributed by atoms with van der Waals surface area (Å²) in [7, 11) is 0. The van der Waals surface area contributed by atoms with Crippen LogP contribution in [-0.2, 0) is 4.74 Å². The van der Waals surface area contributed by atoms with Crippen LogP contribution in [0.3, 0.4) is 0 Å². The van der Waals surface area contributed by atoms with Crippen molar-refractivity contribution in [2.24, 2.45) is 0 Å². The van der Waals surface area contributed by atoms with E-state index < -0.39 is 17.8 Å². The lowest BCUT2D eigenvalue weighted by Crippen LogP contribution is -2.14. The van der Waals surface area contributed by atoms with Gasteiger partial charge in [-0.1, -0.05) is 40.6 Å². The average molecular weight is 557 g/mol. The van der Waals surface area contributed by atoms with Gasteiger partial charge in [-0.25, -0.2) is 4.79 Å². The zero-order valence-electron chi connectivity index (χ0n) is 19.1. The maximum absolute atomic E-state index is 12.7. The van der Waals surface area contributed by atoms with Crippen LogP contribution in [0.5, 0.6) is 5.75 Å². The number of rotatable bonds is 7. The number of carbonyl (C=O) groups excluding carboxylic acids is 3. The summed E-state index contributed by atoms with van der Waals surface area (Å²) in [5.41, 5.74) is 1.63. The molecule has 0 aliphatic carbocycles. The van der Waals surface area contributed by atoms with Crippen molar-refractivity contribution in [3.63, 3.8) is 0 Å². The lowest BCUT2D eigenvalue weighted by Gasteiger charge is -2.08. The molecule has 9 nitrogen and oxygen atoms in total. The molecule has 2 amide bonds. The standard InChI is InChI=1S/C25H18Cl2N4O5S/c1-2-36-24(35)15-4-3-5-17(10-15)28-21(33)13-6-8-14(9-7-13)22(34)29-25-31-30-23(37-25)18-11-16(26)12-19(27)20(18)32/h3-12,32H,2H2,1H3,(H,28,33)(H,29,31,34). The van der Waals surface area contributed by atoms with Crippen LogP contribution in [0.2, 0.25) is 10.0 Å². The second-order valence-corrected chi connectivity index (χ2v) is 9.30. The number of amides is 2. The van der Waals surface area contributed by atoms with Crippen molar-refractivity contribution in [1.82, 2.24) is 10.2 Å². The van der Waals surface area contributed by atoms with E-state index in [0.717, 1.165) is 11.3 Å². The van der Waals surface area contributed by atoms with Gasteiger partial charge in [-0.15, -0.1) is 10.2 Å². The third kappa shape index (κ3) is 6.23. The molecule has 0 radical (unpaired) electrons. The molecule has 12 heteroatoms. The largest absolute Gasteiger partial charge is 0.506 e. The number of carbonyl (C=O) groups is 3. The molecule has 0 saturated carbocycles. The van der Waals surface area contributed by atoms with Gasteiger partial charge < -0.3 is 15.2 Å². The maximum Gasteiger partial charge on any atom is 0.338 e. The lowest BCUT2D eigenvalue weighted by atomic mass is 10.1. The summed E-state index contributed by atoms with van der Waals surface area (Å²) in [6.07, 6.45) is 0. The molecule has 3 aromatic carbocycles. The van der Waals surface area contributed by atoms with Crippen molar-refractivity contribution in [1.29, 1.82) is 0 Å². The molecule has 37 heavy (non-hydrogen) atoms. The van der Waals surface area contributed by atoms with Gasteiger partial charge in [0.1, 0.15) is 5.75 Å². The highest BCUT2D eigenvalue weighted by molar-refractivity contribution is 7.18. The highest BCUT2D eigenvalue weighted by Gasteiger charge is 2.17. The van der Waals surface area contributed by atoms with Crippen LogP contribution in [0.25, 0.3) is 10.6 Å². The predicted octanol–water partition coefficient (Wildman–Crippen LogP) is 5.90. The maximum atomic E-state index is 12.7. The van der Waals surface area contributed by atoms with E-state index in [1.165, 1.54) is 42.5 Å². The third-order valence-electron chi connectivity index (χ3n) is 4.94. The number of halogens is 2. The molecule has 0 unspecified atom stereocenters. The fourth-order valence-electron chi connectivity index (χ4n) is 3.20. The Bertz CT molecular complexity index is 1490. The monoisotopic (exact) mass is 556 g/mol. The fraction of sp³-hybridized carbons (Fsp3) is 0.0800. The van der Waals surface area contributed by atoms with Gasteiger partial charge in [0.15, 0.2) is 5.01 Å². The Morgan fingerprint density at radius 3 is 2.27 bits per heavy atom. The van der Waals surface area contributed by atoms with Crippen LogP contribution < -0.4 is 10.6 Å². The topological polar surface area (TPSA) is 131 Å². The summed E-state index contributed by atoms with van der Waals surface area (Å²) in [4.78, 5) is 37.2. The van der Waals surface area contributed by atoms with Crippen LogP contribution in [0.4, 0.5) is 10.8 Å². The number of benzene rings is 3. The van der Waals surface area contributed by atoms with Gasteiger partial charge >= 0.3 is 5.97 Å². The first-order chi connectivity index (χ1) is 17.7. The normalized spacial score (nSPS) is 10.6. The van der Waals surface area contributed by atoms with E-state index in [0.29, 0.717) is 32.4 Å². The number of nitrogens with zero attached hydrogens (tertiary/aromatic N) is 2. The van der Waals surface area contributed by atoms with Crippen molar-refractivity contribution < 1.29 is 24.2 Å². The van der Waals surface area contributed by atoms with Crippen molar-refractivity contribution in [3.05, 3.63) is 87.4 Å². The molecule has 0 fully saturated rings. The number of esters is 1. The van der Waals surface area contributed by atoms with E-state index in [9.17, 15) is 19.5 Å². The Labute approximate surface area is 225 Å². The Morgan fingerprint density at radius 2 is 1.59 bits per heavy atom. The predicted molar refractivity (Wildman–Crippen MR) is 142 cm³/mol. The molecule has 3 N–H and O–H groups in total. The highest BCUT2D eigenvalue weighted by atomic mass is 35.5. The molecule has 0 aliphatic heterocycles. The van der Waals surface area contributed by atoms with Gasteiger partial charge in [-0.05, 0) is 61.5 Å². The van der Waals surface area contributed by atoms with E-state index in [1.807, 2.05) is 0 Å². The van der Waals surface area contributed by atoms with Crippen molar-refractivity contribution >= 4 is 63.1 Å². The van der Waals surface area contributed by atoms with E-state index in [4.69, 9.17) is 27.9 Å². The highest BCUT2D eigenvalue weighted by Crippen LogP contribution is 2.39. The van der Waals surface area contributed by atoms with E-state index >= 15 is 0 Å². The summed E-state index contributed by atoms with van der Waals surface area (Å²) in [6, 6.07) is 15.3. The van der Waals surface area contributed by atoms with Crippen LogP contribution in [0, 0.1) is 0 Å². The first-order valence-electron chi connectivity index (χ1n) is 10.8. The smallest absolute Gasteiger partial charge is 0.338 e. The van der Waals surface area contributed by atoms with E-state index in [2.05, 4.69) is 20.8 Å². The number of anilines is 2. The Morgan fingerprint density at radius 1 is 0.919 bits per heavy atom. The number of hydrogen-bond acceptors (Lipinski definition) is 8. The first-order valence-corrected chi connectivity index (χ1v) is 12.3. The number of nitrogens with one attached hydrogen (secondary N) is 2. The Hall–Kier alpha value is -3.99. The van der Waals surface area contributed by atoms with Crippen LogP contribution in [-0.4, -0.2) is 39.7 Å². The molecule has 0 bridgehead atoms. The van der Waals surface area contributed by atoms with Crippen LogP contribution in [0.15, 0.2) is 60.7 Å². The van der Waals surface area contributed by atoms with E-state index in [-0.39, 0.29) is 28.1 Å². The lowest BCUT2D eigenvalue weighted by molar-refractivity contribution is 0.0526. The number of aromatic nitrogens is 2. The van der Waals surface area contributed by atoms with E-state index in [1.54, 1.807) is 25.1 Å². The van der Waals surface area contributed by atoms with Crippen molar-refractivity contribution in [2.45, 2.75) is 6.92 Å². The van der Waals surface area contributed by atoms with Crippen LogP contribution >= 0.6 is 34.5 Å². The van der Waals surface area contributed by atoms with Gasteiger partial charge in [-0.3, -0.25) is 14.9 Å². The van der Waals surface area contributed by atoms with Crippen molar-refractivity contribution in [3.8, 4) is 16.3 Å². The number of phenolic OH excluding ortho intramolecular Hbond substituents is 1. The molecule has 0 saturated heterocycles. The summed E-state index contributed by atoms with van der Waals surface area (Å²) in [5.74, 6) is -1.56. The first kappa shape index (κ1) is 26.1. The second-order valence-electron chi connectivity index (χ2n) is 7.48. The molecule has 0 aliphatic rings. The summed E-state index contributed by atoms with van der Waals surface area (Å²) >= 11 is 13.0. The molecular formula is C25H18Cl2N4O5S. The number of aromatic hydroxyl groups is 1. The zero-order valence-corrected chi connectivity index (χ0v) is 21.4. The quantitative estimate of drug-likeness (QED) is 0.241. The summed E-state index contributed by atoms with van der Waals surface area (Å²) in [5, 5.41) is 24.3. The zero-order chi connectivity index (χ0) is 26.5. The molecule has 188 valence electrons. The summed E-state index contributed by atoms with van der Waals surface area (Å²) < 4.78 is 4.97. The Balaban J connectivity index is 1.41. The number of phenols is 1. The molecular weight excluding hydrogens is 539 g/mol. The van der Waals surface area contributed by atoms with Crippen molar-refractivity contribution in [2.75, 3.05) is 17.2 Å². The average Bonchev–Trinajstić information content (AvgIpc) is 3.34.